The highest BCUT2D eigenvalue weighted by molar-refractivity contribution is 5.94. The second-order valence-electron chi connectivity index (χ2n) is 5.43. The van der Waals surface area contributed by atoms with E-state index in [1.54, 1.807) is 0 Å². The highest BCUT2D eigenvalue weighted by Gasteiger charge is 2.27. The Morgan fingerprint density at radius 1 is 1.32 bits per heavy atom. The Morgan fingerprint density at radius 3 is 2.58 bits per heavy atom. The second kappa shape index (κ2) is 6.40. The predicted molar refractivity (Wildman–Crippen MR) is 80.9 cm³/mol. The Balaban J connectivity index is 0.00000180. The van der Waals surface area contributed by atoms with Gasteiger partial charge in [-0.3, -0.25) is 4.79 Å². The molecule has 0 saturated carbocycles. The van der Waals surface area contributed by atoms with Gasteiger partial charge in [0.2, 0.25) is 0 Å². The first-order valence-electron chi connectivity index (χ1n) is 6.63. The molecule has 1 aliphatic heterocycles. The Labute approximate surface area is 121 Å². The van der Waals surface area contributed by atoms with Gasteiger partial charge in [-0.15, -0.1) is 12.4 Å². The number of hydrogen-bond acceptors (Lipinski definition) is 2. The summed E-state index contributed by atoms with van der Waals surface area (Å²) in [5.74, 6) is 0.137. The van der Waals surface area contributed by atoms with Gasteiger partial charge in [0.1, 0.15) is 0 Å². The molecule has 4 heteroatoms. The Morgan fingerprint density at radius 2 is 2.00 bits per heavy atom. The van der Waals surface area contributed by atoms with E-state index in [-0.39, 0.29) is 30.4 Å². The number of halogens is 1. The van der Waals surface area contributed by atoms with E-state index < -0.39 is 0 Å². The van der Waals surface area contributed by atoms with Crippen LogP contribution in [0, 0.1) is 13.8 Å². The number of hydrogen-bond donors (Lipinski definition) is 1. The van der Waals surface area contributed by atoms with Crippen molar-refractivity contribution in [3.8, 4) is 0 Å². The Kier molecular flexibility index (Phi) is 5.39. The average molecular weight is 283 g/mol. The lowest BCUT2D eigenvalue weighted by Crippen LogP contribution is -2.48. The van der Waals surface area contributed by atoms with Crippen molar-refractivity contribution in [2.24, 2.45) is 5.73 Å². The molecule has 1 aliphatic rings. The van der Waals surface area contributed by atoms with Gasteiger partial charge in [-0.2, -0.15) is 0 Å². The van der Waals surface area contributed by atoms with E-state index in [1.165, 1.54) is 11.1 Å². The van der Waals surface area contributed by atoms with Crippen molar-refractivity contribution in [1.29, 1.82) is 0 Å². The van der Waals surface area contributed by atoms with Gasteiger partial charge in [0, 0.05) is 24.2 Å². The maximum atomic E-state index is 12.5. The van der Waals surface area contributed by atoms with Crippen LogP contribution in [0.4, 0.5) is 0 Å². The molecule has 0 spiro atoms. The van der Waals surface area contributed by atoms with Crippen LogP contribution in [-0.2, 0) is 0 Å². The van der Waals surface area contributed by atoms with Crippen LogP contribution in [0.15, 0.2) is 18.2 Å². The van der Waals surface area contributed by atoms with Crippen molar-refractivity contribution < 1.29 is 4.79 Å². The smallest absolute Gasteiger partial charge is 0.254 e. The molecule has 2 unspecified atom stereocenters. The number of carbonyl (C=O) groups excluding carboxylic acids is 1. The first-order chi connectivity index (χ1) is 8.49. The lowest BCUT2D eigenvalue weighted by atomic mass is 9.97. The minimum absolute atomic E-state index is 0. The first kappa shape index (κ1) is 16.0. The van der Waals surface area contributed by atoms with Crippen LogP contribution in [0.1, 0.15) is 41.3 Å². The SMILES string of the molecule is Cc1ccc(C(=O)N2CCC(N)CC2C)cc1C.Cl. The molecule has 1 aromatic carbocycles. The van der Waals surface area contributed by atoms with Gasteiger partial charge in [0.25, 0.3) is 5.91 Å². The van der Waals surface area contributed by atoms with E-state index in [0.29, 0.717) is 0 Å². The molecule has 0 radical (unpaired) electrons. The molecule has 1 amide bonds. The van der Waals surface area contributed by atoms with Crippen molar-refractivity contribution in [1.82, 2.24) is 4.90 Å². The zero-order valence-electron chi connectivity index (χ0n) is 11.8. The molecule has 1 saturated heterocycles. The van der Waals surface area contributed by atoms with Gasteiger partial charge in [0.15, 0.2) is 0 Å². The van der Waals surface area contributed by atoms with Gasteiger partial charge >= 0.3 is 0 Å². The molecule has 19 heavy (non-hydrogen) atoms. The van der Waals surface area contributed by atoms with Gasteiger partial charge in [-0.05, 0) is 56.9 Å². The summed E-state index contributed by atoms with van der Waals surface area (Å²) in [4.78, 5) is 14.4. The minimum Gasteiger partial charge on any atom is -0.336 e. The molecule has 2 atom stereocenters. The molecular weight excluding hydrogens is 260 g/mol. The fourth-order valence-corrected chi connectivity index (χ4v) is 2.55. The third kappa shape index (κ3) is 3.48. The fourth-order valence-electron chi connectivity index (χ4n) is 2.55. The number of carbonyl (C=O) groups is 1. The summed E-state index contributed by atoms with van der Waals surface area (Å²) in [6.07, 6.45) is 1.80. The van der Waals surface area contributed by atoms with Crippen molar-refractivity contribution in [2.75, 3.05) is 6.54 Å². The second-order valence-corrected chi connectivity index (χ2v) is 5.43. The molecule has 3 nitrogen and oxygen atoms in total. The van der Waals surface area contributed by atoms with E-state index in [9.17, 15) is 4.79 Å². The summed E-state index contributed by atoms with van der Waals surface area (Å²) in [6, 6.07) is 6.40. The van der Waals surface area contributed by atoms with Gasteiger partial charge in [0.05, 0.1) is 0 Å². The fraction of sp³-hybridized carbons (Fsp3) is 0.533. The third-order valence-electron chi connectivity index (χ3n) is 3.93. The van der Waals surface area contributed by atoms with Crippen LogP contribution in [0.3, 0.4) is 0 Å². The van der Waals surface area contributed by atoms with Crippen LogP contribution in [-0.4, -0.2) is 29.4 Å². The van der Waals surface area contributed by atoms with Gasteiger partial charge < -0.3 is 10.6 Å². The largest absolute Gasteiger partial charge is 0.336 e. The molecule has 0 bridgehead atoms. The summed E-state index contributed by atoms with van der Waals surface area (Å²) in [5, 5.41) is 0. The lowest BCUT2D eigenvalue weighted by molar-refractivity contribution is 0.0619. The molecule has 0 aliphatic carbocycles. The highest BCUT2D eigenvalue weighted by Crippen LogP contribution is 2.20. The van der Waals surface area contributed by atoms with Crippen molar-refractivity contribution in [3.63, 3.8) is 0 Å². The van der Waals surface area contributed by atoms with E-state index in [0.717, 1.165) is 24.9 Å². The maximum absolute atomic E-state index is 12.5. The number of likely N-dealkylation sites (tertiary alicyclic amines) is 1. The zero-order valence-corrected chi connectivity index (χ0v) is 12.7. The molecule has 1 heterocycles. The average Bonchev–Trinajstić information content (AvgIpc) is 2.32. The van der Waals surface area contributed by atoms with Crippen LogP contribution < -0.4 is 5.73 Å². The summed E-state index contributed by atoms with van der Waals surface area (Å²) in [7, 11) is 0. The predicted octanol–water partition coefficient (Wildman–Crippen LogP) is 2.68. The Hall–Kier alpha value is -1.06. The monoisotopic (exact) mass is 282 g/mol. The van der Waals surface area contributed by atoms with Crippen molar-refractivity contribution >= 4 is 18.3 Å². The number of aryl methyl sites for hydroxylation is 2. The van der Waals surface area contributed by atoms with Crippen LogP contribution in [0.5, 0.6) is 0 Å². The van der Waals surface area contributed by atoms with Gasteiger partial charge in [-0.25, -0.2) is 0 Å². The Bertz CT molecular complexity index is 461. The molecule has 106 valence electrons. The molecule has 1 aromatic rings. The van der Waals surface area contributed by atoms with Crippen molar-refractivity contribution in [3.05, 3.63) is 34.9 Å². The number of nitrogens with zero attached hydrogens (tertiary/aromatic N) is 1. The number of nitrogens with two attached hydrogens (primary N) is 1. The van der Waals surface area contributed by atoms with Crippen molar-refractivity contribution in [2.45, 2.75) is 45.7 Å². The zero-order chi connectivity index (χ0) is 13.3. The number of piperidine rings is 1. The minimum atomic E-state index is 0. The van der Waals surface area contributed by atoms with E-state index in [4.69, 9.17) is 5.73 Å². The number of rotatable bonds is 1. The molecule has 2 rings (SSSR count). The molecule has 2 N–H and O–H groups in total. The molecule has 1 fully saturated rings. The summed E-state index contributed by atoms with van der Waals surface area (Å²) in [5.41, 5.74) is 9.12. The third-order valence-corrected chi connectivity index (χ3v) is 3.93. The van der Waals surface area contributed by atoms with Crippen LogP contribution in [0.2, 0.25) is 0 Å². The van der Waals surface area contributed by atoms with Crippen LogP contribution in [0.25, 0.3) is 0 Å². The van der Waals surface area contributed by atoms with Crippen LogP contribution >= 0.6 is 12.4 Å². The lowest BCUT2D eigenvalue weighted by Gasteiger charge is -2.36. The maximum Gasteiger partial charge on any atom is 0.254 e. The topological polar surface area (TPSA) is 46.3 Å². The standard InChI is InChI=1S/C15H22N2O.ClH/c1-10-4-5-13(8-11(10)2)15(18)17-7-6-14(16)9-12(17)3;/h4-5,8,12,14H,6-7,9,16H2,1-3H3;1H. The van der Waals surface area contributed by atoms with Gasteiger partial charge in [-0.1, -0.05) is 6.07 Å². The normalized spacial score (nSPS) is 22.8. The highest BCUT2D eigenvalue weighted by atomic mass is 35.5. The number of amides is 1. The van der Waals surface area contributed by atoms with E-state index >= 15 is 0 Å². The summed E-state index contributed by atoms with van der Waals surface area (Å²) < 4.78 is 0. The molecular formula is C15H23ClN2O. The molecule has 0 aromatic heterocycles. The quantitative estimate of drug-likeness (QED) is 0.861. The van der Waals surface area contributed by atoms with E-state index in [1.807, 2.05) is 30.0 Å². The summed E-state index contributed by atoms with van der Waals surface area (Å²) in [6.45, 7) is 6.96. The number of benzene rings is 1. The first-order valence-corrected chi connectivity index (χ1v) is 6.63. The summed E-state index contributed by atoms with van der Waals surface area (Å²) >= 11 is 0. The van der Waals surface area contributed by atoms with E-state index in [2.05, 4.69) is 13.8 Å².